The number of ether oxygens (including phenoxy) is 2. The van der Waals surface area contributed by atoms with Gasteiger partial charge in [-0.3, -0.25) is 10.1 Å². The summed E-state index contributed by atoms with van der Waals surface area (Å²) in [7, 11) is 3.17. The Morgan fingerprint density at radius 1 is 0.861 bits per heavy atom. The molecule has 0 bridgehead atoms. The van der Waals surface area contributed by atoms with Gasteiger partial charge in [-0.15, -0.1) is 0 Å². The Morgan fingerprint density at radius 2 is 1.47 bits per heavy atom. The molecule has 0 atom stereocenters. The van der Waals surface area contributed by atoms with Crippen molar-refractivity contribution in [2.45, 2.75) is 0 Å². The normalized spacial score (nSPS) is 10.8. The highest BCUT2D eigenvalue weighted by atomic mass is 16.6. The third-order valence-electron chi connectivity index (χ3n) is 6.19. The molecule has 178 valence electrons. The zero-order chi connectivity index (χ0) is 25.2. The SMILES string of the molecule is COc1cc(C=N)c2c(c1OC)c(-c1ccccc1)c(-c1ccccc1)n2-c1ccc([N+](=O)[O-])cc1. The highest BCUT2D eigenvalue weighted by Crippen LogP contribution is 2.50. The van der Waals surface area contributed by atoms with Gasteiger partial charge >= 0.3 is 0 Å². The van der Waals surface area contributed by atoms with Crippen molar-refractivity contribution in [3.05, 3.63) is 107 Å². The maximum atomic E-state index is 11.3. The van der Waals surface area contributed by atoms with Crippen molar-refractivity contribution in [3.8, 4) is 39.6 Å². The van der Waals surface area contributed by atoms with Gasteiger partial charge in [0.2, 0.25) is 0 Å². The second-order valence-corrected chi connectivity index (χ2v) is 8.13. The summed E-state index contributed by atoms with van der Waals surface area (Å²) in [5, 5.41) is 20.4. The number of rotatable bonds is 7. The molecule has 0 amide bonds. The number of hydrogen-bond acceptors (Lipinski definition) is 5. The van der Waals surface area contributed by atoms with Gasteiger partial charge < -0.3 is 19.5 Å². The van der Waals surface area contributed by atoms with Crippen molar-refractivity contribution in [3.63, 3.8) is 0 Å². The lowest BCUT2D eigenvalue weighted by atomic mass is 9.97. The van der Waals surface area contributed by atoms with Crippen molar-refractivity contribution in [2.24, 2.45) is 0 Å². The Morgan fingerprint density at radius 3 is 2.00 bits per heavy atom. The van der Waals surface area contributed by atoms with Crippen LogP contribution in [0, 0.1) is 15.5 Å². The summed E-state index contributed by atoms with van der Waals surface area (Å²) in [4.78, 5) is 10.9. The van der Waals surface area contributed by atoms with E-state index in [0.717, 1.165) is 39.0 Å². The first-order chi connectivity index (χ1) is 17.6. The van der Waals surface area contributed by atoms with Crippen LogP contribution >= 0.6 is 0 Å². The van der Waals surface area contributed by atoms with E-state index < -0.39 is 4.92 Å². The van der Waals surface area contributed by atoms with E-state index >= 15 is 0 Å². The fraction of sp³-hybridized carbons (Fsp3) is 0.0690. The topological polar surface area (TPSA) is 90.4 Å². The number of aromatic nitrogens is 1. The maximum absolute atomic E-state index is 11.3. The van der Waals surface area contributed by atoms with Crippen molar-refractivity contribution in [1.29, 1.82) is 5.41 Å². The molecule has 0 saturated heterocycles. The summed E-state index contributed by atoms with van der Waals surface area (Å²) < 4.78 is 13.6. The van der Waals surface area contributed by atoms with E-state index in [1.54, 1.807) is 32.4 Å². The van der Waals surface area contributed by atoms with Crippen molar-refractivity contribution in [1.82, 2.24) is 4.57 Å². The summed E-state index contributed by atoms with van der Waals surface area (Å²) in [5.74, 6) is 1.07. The number of nitro benzene ring substituents is 1. The minimum Gasteiger partial charge on any atom is -0.493 e. The van der Waals surface area contributed by atoms with Crippen molar-refractivity contribution < 1.29 is 14.4 Å². The van der Waals surface area contributed by atoms with E-state index in [1.165, 1.54) is 18.3 Å². The fourth-order valence-electron chi connectivity index (χ4n) is 4.67. The molecule has 7 nitrogen and oxygen atoms in total. The van der Waals surface area contributed by atoms with Crippen LogP contribution in [-0.2, 0) is 0 Å². The Hall–Kier alpha value is -4.91. The number of fused-ring (bicyclic) bond motifs is 1. The molecule has 0 aliphatic rings. The number of non-ortho nitro benzene ring substituents is 1. The first kappa shape index (κ1) is 22.9. The number of nitrogens with one attached hydrogen (secondary N) is 1. The van der Waals surface area contributed by atoms with Gasteiger partial charge in [0.1, 0.15) is 0 Å². The van der Waals surface area contributed by atoms with Crippen LogP contribution < -0.4 is 9.47 Å². The summed E-state index contributed by atoms with van der Waals surface area (Å²) in [6, 6.07) is 28.1. The molecule has 0 aliphatic carbocycles. The monoisotopic (exact) mass is 477 g/mol. The van der Waals surface area contributed by atoms with Gasteiger partial charge in [-0.05, 0) is 29.3 Å². The van der Waals surface area contributed by atoms with E-state index in [0.29, 0.717) is 17.1 Å². The van der Waals surface area contributed by atoms with Crippen LogP contribution in [0.25, 0.3) is 39.0 Å². The van der Waals surface area contributed by atoms with Crippen molar-refractivity contribution in [2.75, 3.05) is 14.2 Å². The molecule has 0 spiro atoms. The minimum atomic E-state index is -0.415. The van der Waals surface area contributed by atoms with E-state index in [2.05, 4.69) is 0 Å². The van der Waals surface area contributed by atoms with Crippen LogP contribution in [0.15, 0.2) is 91.0 Å². The van der Waals surface area contributed by atoms with Gasteiger partial charge in [-0.25, -0.2) is 0 Å². The minimum absolute atomic E-state index is 0.00582. The van der Waals surface area contributed by atoms with Gasteiger partial charge in [0.25, 0.3) is 5.69 Å². The maximum Gasteiger partial charge on any atom is 0.269 e. The summed E-state index contributed by atoms with van der Waals surface area (Å²) >= 11 is 0. The largest absolute Gasteiger partial charge is 0.493 e. The van der Waals surface area contributed by atoms with Crippen LogP contribution in [0.2, 0.25) is 0 Å². The van der Waals surface area contributed by atoms with Gasteiger partial charge in [0.15, 0.2) is 11.5 Å². The molecule has 5 aromatic rings. The number of benzene rings is 4. The molecule has 0 saturated carbocycles. The molecule has 0 radical (unpaired) electrons. The second-order valence-electron chi connectivity index (χ2n) is 8.13. The third-order valence-corrected chi connectivity index (χ3v) is 6.19. The van der Waals surface area contributed by atoms with Crippen LogP contribution in [0.1, 0.15) is 5.56 Å². The van der Waals surface area contributed by atoms with E-state index in [1.807, 2.05) is 65.2 Å². The average Bonchev–Trinajstić information content (AvgIpc) is 3.29. The quantitative estimate of drug-likeness (QED) is 0.157. The first-order valence-corrected chi connectivity index (χ1v) is 11.3. The number of methoxy groups -OCH3 is 2. The molecular formula is C29H23N3O4. The first-order valence-electron chi connectivity index (χ1n) is 11.3. The van der Waals surface area contributed by atoms with Crippen LogP contribution in [0.5, 0.6) is 11.5 Å². The molecule has 0 aliphatic heterocycles. The predicted molar refractivity (Wildman–Crippen MR) is 142 cm³/mol. The molecule has 5 rings (SSSR count). The predicted octanol–water partition coefficient (Wildman–Crippen LogP) is 6.89. The molecule has 1 N–H and O–H groups in total. The average molecular weight is 478 g/mol. The smallest absolute Gasteiger partial charge is 0.269 e. The molecule has 1 heterocycles. The van der Waals surface area contributed by atoms with E-state index in [4.69, 9.17) is 14.9 Å². The second kappa shape index (κ2) is 9.38. The Bertz CT molecular complexity index is 1570. The highest BCUT2D eigenvalue weighted by molar-refractivity contribution is 6.14. The number of hydrogen-bond donors (Lipinski definition) is 1. The summed E-state index contributed by atoms with van der Waals surface area (Å²) in [6.45, 7) is 0. The molecule has 0 unspecified atom stereocenters. The van der Waals surface area contributed by atoms with Crippen LogP contribution in [0.4, 0.5) is 5.69 Å². The lowest BCUT2D eigenvalue weighted by Crippen LogP contribution is -2.01. The Balaban J connectivity index is 2.05. The van der Waals surface area contributed by atoms with E-state index in [-0.39, 0.29) is 5.69 Å². The molecule has 4 aromatic carbocycles. The molecule has 7 heteroatoms. The zero-order valence-electron chi connectivity index (χ0n) is 19.8. The van der Waals surface area contributed by atoms with Gasteiger partial charge in [0.05, 0.1) is 35.7 Å². The third kappa shape index (κ3) is 3.67. The van der Waals surface area contributed by atoms with E-state index in [9.17, 15) is 10.1 Å². The molecule has 0 fully saturated rings. The molecular weight excluding hydrogens is 454 g/mol. The molecule has 1 aromatic heterocycles. The number of nitrogens with zero attached hydrogens (tertiary/aromatic N) is 2. The van der Waals surface area contributed by atoms with Crippen molar-refractivity contribution >= 4 is 22.8 Å². The van der Waals surface area contributed by atoms with Gasteiger partial charge in [-0.2, -0.15) is 0 Å². The fourth-order valence-corrected chi connectivity index (χ4v) is 4.67. The standard InChI is InChI=1S/C29H23N3O4/c1-35-24-17-21(18-30)28-26(29(24)36-2)25(19-9-5-3-6-10-19)27(20-11-7-4-8-12-20)31(28)22-13-15-23(16-14-22)32(33)34/h3-18,30H,1-2H3. The number of nitro groups is 1. The lowest BCUT2D eigenvalue weighted by Gasteiger charge is -2.14. The van der Waals surface area contributed by atoms with Crippen LogP contribution in [0.3, 0.4) is 0 Å². The Kier molecular flexibility index (Phi) is 5.96. The summed E-state index contributed by atoms with van der Waals surface area (Å²) in [5.41, 5.74) is 5.80. The Labute approximate surface area is 207 Å². The lowest BCUT2D eigenvalue weighted by molar-refractivity contribution is -0.384. The highest BCUT2D eigenvalue weighted by Gasteiger charge is 2.28. The van der Waals surface area contributed by atoms with Gasteiger partial charge in [0, 0.05) is 35.2 Å². The zero-order valence-corrected chi connectivity index (χ0v) is 19.8. The van der Waals surface area contributed by atoms with Crippen LogP contribution in [-0.4, -0.2) is 29.9 Å². The molecule has 36 heavy (non-hydrogen) atoms. The van der Waals surface area contributed by atoms with Gasteiger partial charge in [-0.1, -0.05) is 60.7 Å². The summed E-state index contributed by atoms with van der Waals surface area (Å²) in [6.07, 6.45) is 1.29.